The second-order valence-corrected chi connectivity index (χ2v) is 15.0. The highest BCUT2D eigenvalue weighted by Gasteiger charge is 2.36. The second-order valence-electron chi connectivity index (χ2n) is 15.0. The van der Waals surface area contributed by atoms with E-state index >= 15 is 0 Å². The molecule has 1 aliphatic rings. The van der Waals surface area contributed by atoms with Crippen LogP contribution in [0.3, 0.4) is 0 Å². The molecule has 0 radical (unpaired) electrons. The van der Waals surface area contributed by atoms with E-state index < -0.39 is 0 Å². The Morgan fingerprint density at radius 3 is 1.44 bits per heavy atom. The lowest BCUT2D eigenvalue weighted by Gasteiger charge is -2.31. The molecule has 0 unspecified atom stereocenters. The summed E-state index contributed by atoms with van der Waals surface area (Å²) in [4.78, 5) is 4.78. The minimum Gasteiger partial charge on any atom is -0.310 e. The first kappa shape index (κ1) is 32.7. The average Bonchev–Trinajstić information content (AvgIpc) is 3.46. The molecule has 0 fully saturated rings. The molecular formula is C53H40N2. The van der Waals surface area contributed by atoms with Crippen LogP contribution in [0.2, 0.25) is 0 Å². The zero-order valence-electron chi connectivity index (χ0n) is 31.0. The monoisotopic (exact) mass is 704 g/mol. The molecule has 262 valence electrons. The van der Waals surface area contributed by atoms with Gasteiger partial charge in [0.1, 0.15) is 0 Å². The third kappa shape index (κ3) is 5.66. The van der Waals surface area contributed by atoms with Gasteiger partial charge in [0.2, 0.25) is 0 Å². The number of rotatable bonds is 7. The lowest BCUT2D eigenvalue weighted by Crippen LogP contribution is -2.17. The van der Waals surface area contributed by atoms with Crippen LogP contribution >= 0.6 is 0 Å². The SMILES string of the molecule is CC1(C)c2cc(N(c3ccccc3)c3cc(-c4ccccc4)cc(N(c4ccccc4)c4ccccc4)c3)ccc2-c2cc3ccc4ccccc4c3cc21. The number of anilines is 6. The van der Waals surface area contributed by atoms with Crippen LogP contribution in [0.1, 0.15) is 25.0 Å². The second kappa shape index (κ2) is 13.2. The molecule has 55 heavy (non-hydrogen) atoms. The van der Waals surface area contributed by atoms with E-state index in [1.807, 2.05) is 0 Å². The summed E-state index contributed by atoms with van der Waals surface area (Å²) in [6.07, 6.45) is 0. The summed E-state index contributed by atoms with van der Waals surface area (Å²) < 4.78 is 0. The predicted molar refractivity (Wildman–Crippen MR) is 234 cm³/mol. The molecule has 0 heterocycles. The molecule has 1 aliphatic carbocycles. The molecular weight excluding hydrogens is 665 g/mol. The standard InChI is InChI=1S/C53H40N2/c1-53(2)51-35-44(29-30-48(51)50-33-39-28-27-38-19-15-16-26-47(38)49(39)36-52(50)53)55(43-24-13-6-14-25-43)46-32-40(37-17-7-3-8-18-37)31-45(34-46)54(41-20-9-4-10-21-41)42-22-11-5-12-23-42/h3-36H,1-2H3. The van der Waals surface area contributed by atoms with Crippen molar-refractivity contribution < 1.29 is 0 Å². The first-order valence-corrected chi connectivity index (χ1v) is 19.1. The lowest BCUT2D eigenvalue weighted by atomic mass is 9.81. The maximum Gasteiger partial charge on any atom is 0.0488 e. The topological polar surface area (TPSA) is 6.48 Å². The van der Waals surface area contributed by atoms with Crippen molar-refractivity contribution >= 4 is 55.7 Å². The van der Waals surface area contributed by atoms with E-state index in [0.717, 1.165) is 39.7 Å². The fraction of sp³-hybridized carbons (Fsp3) is 0.0566. The summed E-state index contributed by atoms with van der Waals surface area (Å²) in [5, 5.41) is 5.18. The van der Waals surface area contributed by atoms with Crippen molar-refractivity contribution in [1.82, 2.24) is 0 Å². The van der Waals surface area contributed by atoms with Crippen LogP contribution in [0.25, 0.3) is 43.8 Å². The number of benzene rings is 9. The Bertz CT molecular complexity index is 2790. The molecule has 0 saturated heterocycles. The molecule has 2 nitrogen and oxygen atoms in total. The van der Waals surface area contributed by atoms with Gasteiger partial charge in [0.15, 0.2) is 0 Å². The van der Waals surface area contributed by atoms with Gasteiger partial charge in [-0.15, -0.1) is 0 Å². The zero-order valence-corrected chi connectivity index (χ0v) is 31.0. The molecule has 10 rings (SSSR count). The molecule has 2 heteroatoms. The number of fused-ring (bicyclic) bond motifs is 6. The highest BCUT2D eigenvalue weighted by molar-refractivity contribution is 6.10. The van der Waals surface area contributed by atoms with Crippen molar-refractivity contribution in [2.24, 2.45) is 0 Å². The summed E-state index contributed by atoms with van der Waals surface area (Å²) in [6.45, 7) is 4.77. The van der Waals surface area contributed by atoms with Crippen LogP contribution in [0, 0.1) is 0 Å². The largest absolute Gasteiger partial charge is 0.310 e. The van der Waals surface area contributed by atoms with Crippen LogP contribution < -0.4 is 9.80 Å². The predicted octanol–water partition coefficient (Wildman–Crippen LogP) is 14.9. The van der Waals surface area contributed by atoms with Crippen molar-refractivity contribution in [3.05, 3.63) is 217 Å². The molecule has 9 aromatic carbocycles. The quantitative estimate of drug-likeness (QED) is 0.152. The van der Waals surface area contributed by atoms with Gasteiger partial charge in [0.25, 0.3) is 0 Å². The van der Waals surface area contributed by atoms with Gasteiger partial charge >= 0.3 is 0 Å². The summed E-state index contributed by atoms with van der Waals surface area (Å²) >= 11 is 0. The van der Waals surface area contributed by atoms with E-state index in [2.05, 4.69) is 230 Å². The minimum absolute atomic E-state index is 0.192. The molecule has 0 saturated carbocycles. The van der Waals surface area contributed by atoms with Crippen LogP contribution in [0.4, 0.5) is 34.1 Å². The third-order valence-electron chi connectivity index (χ3n) is 11.4. The minimum atomic E-state index is -0.192. The van der Waals surface area contributed by atoms with Crippen LogP contribution in [0.5, 0.6) is 0 Å². The molecule has 0 spiro atoms. The van der Waals surface area contributed by atoms with Gasteiger partial charge in [0, 0.05) is 39.5 Å². The van der Waals surface area contributed by atoms with Crippen molar-refractivity contribution in [2.45, 2.75) is 19.3 Å². The normalized spacial score (nSPS) is 12.7. The van der Waals surface area contributed by atoms with E-state index in [4.69, 9.17) is 0 Å². The van der Waals surface area contributed by atoms with Gasteiger partial charge < -0.3 is 9.80 Å². The molecule has 0 aliphatic heterocycles. The Morgan fingerprint density at radius 1 is 0.309 bits per heavy atom. The van der Waals surface area contributed by atoms with Crippen molar-refractivity contribution in [3.63, 3.8) is 0 Å². The van der Waals surface area contributed by atoms with E-state index in [0.29, 0.717) is 0 Å². The Labute approximate surface area is 323 Å². The van der Waals surface area contributed by atoms with Gasteiger partial charge in [-0.05, 0) is 134 Å². The Morgan fingerprint density at radius 2 is 0.818 bits per heavy atom. The Balaban J connectivity index is 1.18. The molecule has 9 aromatic rings. The summed E-state index contributed by atoms with van der Waals surface area (Å²) in [5.41, 5.74) is 14.1. The first-order valence-electron chi connectivity index (χ1n) is 19.1. The Hall–Kier alpha value is -6.90. The van der Waals surface area contributed by atoms with E-state index in [1.165, 1.54) is 49.4 Å². The Kier molecular flexibility index (Phi) is 7.85. The fourth-order valence-electron chi connectivity index (χ4n) is 8.64. The number of nitrogens with zero attached hydrogens (tertiary/aromatic N) is 2. The van der Waals surface area contributed by atoms with Crippen LogP contribution in [-0.4, -0.2) is 0 Å². The van der Waals surface area contributed by atoms with E-state index in [-0.39, 0.29) is 5.41 Å². The highest BCUT2D eigenvalue weighted by Crippen LogP contribution is 2.52. The van der Waals surface area contributed by atoms with Crippen molar-refractivity contribution in [2.75, 3.05) is 9.80 Å². The van der Waals surface area contributed by atoms with E-state index in [1.54, 1.807) is 0 Å². The van der Waals surface area contributed by atoms with Gasteiger partial charge in [0.05, 0.1) is 0 Å². The van der Waals surface area contributed by atoms with Crippen LogP contribution in [-0.2, 0) is 5.41 Å². The number of hydrogen-bond donors (Lipinski definition) is 0. The van der Waals surface area contributed by atoms with Crippen molar-refractivity contribution in [1.29, 1.82) is 0 Å². The molecule has 0 aromatic heterocycles. The molecule has 0 amide bonds. The van der Waals surface area contributed by atoms with Gasteiger partial charge in [-0.3, -0.25) is 0 Å². The van der Waals surface area contributed by atoms with Gasteiger partial charge in [-0.1, -0.05) is 141 Å². The summed E-state index contributed by atoms with van der Waals surface area (Å²) in [5.74, 6) is 0. The van der Waals surface area contributed by atoms with Crippen LogP contribution in [0.15, 0.2) is 206 Å². The number of hydrogen-bond acceptors (Lipinski definition) is 2. The van der Waals surface area contributed by atoms with E-state index in [9.17, 15) is 0 Å². The van der Waals surface area contributed by atoms with Crippen molar-refractivity contribution in [3.8, 4) is 22.3 Å². The third-order valence-corrected chi connectivity index (χ3v) is 11.4. The highest BCUT2D eigenvalue weighted by atomic mass is 15.2. The fourth-order valence-corrected chi connectivity index (χ4v) is 8.64. The van der Waals surface area contributed by atoms with Gasteiger partial charge in [-0.2, -0.15) is 0 Å². The smallest absolute Gasteiger partial charge is 0.0488 e. The molecule has 0 atom stereocenters. The lowest BCUT2D eigenvalue weighted by molar-refractivity contribution is 0.661. The molecule has 0 bridgehead atoms. The first-order chi connectivity index (χ1) is 27.0. The number of para-hydroxylation sites is 3. The van der Waals surface area contributed by atoms with Gasteiger partial charge in [-0.25, -0.2) is 0 Å². The maximum atomic E-state index is 2.46. The summed E-state index contributed by atoms with van der Waals surface area (Å²) in [7, 11) is 0. The molecule has 0 N–H and O–H groups in total. The average molecular weight is 705 g/mol. The summed E-state index contributed by atoms with van der Waals surface area (Å²) in [6, 6.07) is 75.1. The zero-order chi connectivity index (χ0) is 36.9. The maximum absolute atomic E-state index is 2.46.